The molecule has 0 aliphatic rings. The fraction of sp³-hybridized carbons (Fsp3) is 0.611. The van der Waals surface area contributed by atoms with E-state index in [1.54, 1.807) is 12.1 Å². The van der Waals surface area contributed by atoms with E-state index in [0.717, 1.165) is 18.4 Å². The van der Waals surface area contributed by atoms with E-state index in [1.165, 1.54) is 12.1 Å². The van der Waals surface area contributed by atoms with Crippen molar-refractivity contribution in [3.05, 3.63) is 29.8 Å². The van der Waals surface area contributed by atoms with Crippen molar-refractivity contribution in [1.29, 1.82) is 0 Å². The summed E-state index contributed by atoms with van der Waals surface area (Å²) in [6.07, 6.45) is 1.84. The zero-order valence-electron chi connectivity index (χ0n) is 16.0. The Morgan fingerprint density at radius 2 is 1.76 bits per heavy atom. The van der Waals surface area contributed by atoms with Crippen LogP contribution in [0.4, 0.5) is 4.79 Å². The molecule has 1 rings (SSSR count). The SMILES string of the molecule is CCC(C)CCNC(=O)OC(C)(C)C.Cc1ccc(S(=O)(=O)O)cc1. The van der Waals surface area contributed by atoms with Crippen LogP contribution < -0.4 is 5.32 Å². The fourth-order valence-corrected chi connectivity index (χ4v) is 2.13. The average Bonchev–Trinajstić information content (AvgIpc) is 2.45. The van der Waals surface area contributed by atoms with Crippen LogP contribution in [0.3, 0.4) is 0 Å². The first kappa shape index (κ1) is 23.4. The number of hydrogen-bond donors (Lipinski definition) is 2. The van der Waals surface area contributed by atoms with E-state index in [4.69, 9.17) is 9.29 Å². The van der Waals surface area contributed by atoms with Gasteiger partial charge in [-0.05, 0) is 52.2 Å². The summed E-state index contributed by atoms with van der Waals surface area (Å²) in [7, 11) is -4.02. The molecule has 25 heavy (non-hydrogen) atoms. The van der Waals surface area contributed by atoms with Gasteiger partial charge >= 0.3 is 6.09 Å². The normalized spacial score (nSPS) is 12.6. The van der Waals surface area contributed by atoms with Crippen LogP contribution in [0.1, 0.15) is 53.0 Å². The van der Waals surface area contributed by atoms with Crippen LogP contribution in [0.25, 0.3) is 0 Å². The third-order valence-corrected chi connectivity index (χ3v) is 4.19. The predicted octanol–water partition coefficient (Wildman–Crippen LogP) is 4.19. The number of alkyl carbamates (subject to hydrolysis) is 1. The minimum Gasteiger partial charge on any atom is -0.444 e. The quantitative estimate of drug-likeness (QED) is 0.755. The highest BCUT2D eigenvalue weighted by molar-refractivity contribution is 7.85. The van der Waals surface area contributed by atoms with Crippen molar-refractivity contribution in [3.63, 3.8) is 0 Å². The first-order valence-electron chi connectivity index (χ1n) is 8.36. The molecule has 7 heteroatoms. The molecule has 0 radical (unpaired) electrons. The second-order valence-electron chi connectivity index (χ2n) is 7.02. The smallest absolute Gasteiger partial charge is 0.407 e. The number of benzene rings is 1. The van der Waals surface area contributed by atoms with Crippen LogP contribution in [0.5, 0.6) is 0 Å². The zero-order valence-corrected chi connectivity index (χ0v) is 16.8. The summed E-state index contributed by atoms with van der Waals surface area (Å²) in [5.74, 6) is 0.657. The van der Waals surface area contributed by atoms with E-state index in [9.17, 15) is 13.2 Å². The molecule has 1 aromatic rings. The van der Waals surface area contributed by atoms with Crippen molar-refractivity contribution in [3.8, 4) is 0 Å². The molecule has 0 saturated carbocycles. The van der Waals surface area contributed by atoms with Gasteiger partial charge in [-0.15, -0.1) is 0 Å². The topological polar surface area (TPSA) is 92.7 Å². The van der Waals surface area contributed by atoms with Crippen LogP contribution >= 0.6 is 0 Å². The van der Waals surface area contributed by atoms with Gasteiger partial charge in [0.25, 0.3) is 10.1 Å². The number of carbonyl (C=O) groups is 1. The summed E-state index contributed by atoms with van der Waals surface area (Å²) in [5, 5.41) is 2.74. The number of amides is 1. The van der Waals surface area contributed by atoms with Crippen LogP contribution in [0.2, 0.25) is 0 Å². The van der Waals surface area contributed by atoms with Crippen molar-refractivity contribution in [2.24, 2.45) is 5.92 Å². The van der Waals surface area contributed by atoms with Gasteiger partial charge in [0.05, 0.1) is 4.90 Å². The van der Waals surface area contributed by atoms with E-state index >= 15 is 0 Å². The Balaban J connectivity index is 0.000000472. The lowest BCUT2D eigenvalue weighted by Crippen LogP contribution is -2.33. The molecular weight excluding hydrogens is 342 g/mol. The molecular formula is C18H31NO5S. The van der Waals surface area contributed by atoms with Gasteiger partial charge < -0.3 is 10.1 Å². The molecule has 2 N–H and O–H groups in total. The lowest BCUT2D eigenvalue weighted by atomic mass is 10.1. The molecule has 0 saturated heterocycles. The number of nitrogens with one attached hydrogen (secondary N) is 1. The Labute approximate surface area is 151 Å². The lowest BCUT2D eigenvalue weighted by molar-refractivity contribution is 0.0525. The Morgan fingerprint density at radius 3 is 2.16 bits per heavy atom. The van der Waals surface area contributed by atoms with Gasteiger partial charge in [-0.25, -0.2) is 4.79 Å². The second-order valence-corrected chi connectivity index (χ2v) is 8.44. The number of ether oxygens (including phenoxy) is 1. The molecule has 144 valence electrons. The molecule has 6 nitrogen and oxygen atoms in total. The van der Waals surface area contributed by atoms with Gasteiger partial charge in [-0.1, -0.05) is 38.0 Å². The zero-order chi connectivity index (χ0) is 19.7. The number of carbonyl (C=O) groups excluding carboxylic acids is 1. The average molecular weight is 374 g/mol. The largest absolute Gasteiger partial charge is 0.444 e. The first-order valence-corrected chi connectivity index (χ1v) is 9.80. The number of aryl methyl sites for hydroxylation is 1. The Hall–Kier alpha value is -1.60. The maximum Gasteiger partial charge on any atom is 0.407 e. The van der Waals surface area contributed by atoms with Gasteiger partial charge in [0.2, 0.25) is 0 Å². The first-order chi connectivity index (χ1) is 11.3. The molecule has 0 fully saturated rings. The van der Waals surface area contributed by atoms with Crippen molar-refractivity contribution < 1.29 is 22.5 Å². The minimum atomic E-state index is -4.02. The van der Waals surface area contributed by atoms with Gasteiger partial charge in [-0.2, -0.15) is 8.42 Å². The summed E-state index contributed by atoms with van der Waals surface area (Å²) in [6, 6.07) is 5.99. The summed E-state index contributed by atoms with van der Waals surface area (Å²) >= 11 is 0. The standard InChI is InChI=1S/C11H23NO2.C7H8O3S/c1-6-9(2)7-8-12-10(13)14-11(3,4)5;1-6-2-4-7(5-3-6)11(8,9)10/h9H,6-8H2,1-5H3,(H,12,13);2-5H,1H3,(H,8,9,10). The van der Waals surface area contributed by atoms with Gasteiger partial charge in [0, 0.05) is 6.54 Å². The summed E-state index contributed by atoms with van der Waals surface area (Å²) in [6.45, 7) is 12.5. The molecule has 1 unspecified atom stereocenters. The number of rotatable bonds is 5. The van der Waals surface area contributed by atoms with Crippen LogP contribution in [0, 0.1) is 12.8 Å². The van der Waals surface area contributed by atoms with Crippen molar-refractivity contribution in [1.82, 2.24) is 5.32 Å². The van der Waals surface area contributed by atoms with Crippen LogP contribution in [-0.2, 0) is 14.9 Å². The maximum atomic E-state index is 11.2. The van der Waals surface area contributed by atoms with Gasteiger partial charge in [0.15, 0.2) is 0 Å². The van der Waals surface area contributed by atoms with Crippen molar-refractivity contribution in [2.75, 3.05) is 6.54 Å². The van der Waals surface area contributed by atoms with Gasteiger partial charge in [0.1, 0.15) is 5.60 Å². The van der Waals surface area contributed by atoms with E-state index < -0.39 is 15.7 Å². The fourth-order valence-electron chi connectivity index (χ4n) is 1.65. The van der Waals surface area contributed by atoms with Gasteiger partial charge in [-0.3, -0.25) is 4.55 Å². The Morgan fingerprint density at radius 1 is 1.24 bits per heavy atom. The van der Waals surface area contributed by atoms with Crippen LogP contribution in [0.15, 0.2) is 29.2 Å². The summed E-state index contributed by atoms with van der Waals surface area (Å²) < 4.78 is 34.7. The molecule has 0 aromatic heterocycles. The van der Waals surface area contributed by atoms with E-state index in [0.29, 0.717) is 12.5 Å². The highest BCUT2D eigenvalue weighted by Gasteiger charge is 2.15. The maximum absolute atomic E-state index is 11.2. The second kappa shape index (κ2) is 10.4. The van der Waals surface area contributed by atoms with Crippen molar-refractivity contribution in [2.45, 2.75) is 64.9 Å². The highest BCUT2D eigenvalue weighted by Crippen LogP contribution is 2.09. The van der Waals surface area contributed by atoms with Crippen molar-refractivity contribution >= 4 is 16.2 Å². The molecule has 1 atom stereocenters. The summed E-state index contributed by atoms with van der Waals surface area (Å²) in [5.41, 5.74) is 0.554. The summed E-state index contributed by atoms with van der Waals surface area (Å²) in [4.78, 5) is 11.1. The molecule has 0 bridgehead atoms. The Bertz CT molecular complexity index is 618. The van der Waals surface area contributed by atoms with E-state index in [2.05, 4.69) is 19.2 Å². The molecule has 1 amide bonds. The molecule has 0 heterocycles. The molecule has 0 aliphatic heterocycles. The highest BCUT2D eigenvalue weighted by atomic mass is 32.2. The predicted molar refractivity (Wildman–Crippen MR) is 99.3 cm³/mol. The van der Waals surface area contributed by atoms with Crippen LogP contribution in [-0.4, -0.2) is 31.2 Å². The van der Waals surface area contributed by atoms with E-state index in [-0.39, 0.29) is 11.0 Å². The minimum absolute atomic E-state index is 0.0666. The molecule has 0 aliphatic carbocycles. The molecule has 1 aromatic carbocycles. The molecule has 0 spiro atoms. The van der Waals surface area contributed by atoms with E-state index in [1.807, 2.05) is 27.7 Å². The number of hydrogen-bond acceptors (Lipinski definition) is 4. The monoisotopic (exact) mass is 373 g/mol. The Kier molecular flexibility index (Phi) is 9.74. The third kappa shape index (κ3) is 12.4. The third-order valence-electron chi connectivity index (χ3n) is 3.32. The lowest BCUT2D eigenvalue weighted by Gasteiger charge is -2.20.